The normalized spacial score (nSPS) is 15.4. The zero-order valence-electron chi connectivity index (χ0n) is 9.29. The Labute approximate surface area is 85.9 Å². The van der Waals surface area contributed by atoms with Gasteiger partial charge in [0.15, 0.2) is 0 Å². The molecule has 0 spiro atoms. The standard InChI is InChI=1S/C9H22N2O3/c1-12-6-8(10)4-11-5-9(14-3)7-13-2/h8-9,11H,4-7,10H2,1-3H3. The van der Waals surface area contributed by atoms with Gasteiger partial charge in [0.05, 0.1) is 19.3 Å². The number of rotatable bonds is 9. The van der Waals surface area contributed by atoms with E-state index in [9.17, 15) is 0 Å². The molecule has 0 aromatic heterocycles. The molecule has 5 heteroatoms. The van der Waals surface area contributed by atoms with Crippen molar-refractivity contribution >= 4 is 0 Å². The average Bonchev–Trinajstić information content (AvgIpc) is 2.17. The van der Waals surface area contributed by atoms with E-state index in [-0.39, 0.29) is 12.1 Å². The molecular formula is C9H22N2O3. The van der Waals surface area contributed by atoms with Crippen molar-refractivity contribution in [2.24, 2.45) is 5.73 Å². The molecule has 0 aliphatic carbocycles. The lowest BCUT2D eigenvalue weighted by Crippen LogP contribution is -2.41. The summed E-state index contributed by atoms with van der Waals surface area (Å²) in [6.07, 6.45) is 0.0785. The number of hydrogen-bond donors (Lipinski definition) is 2. The second-order valence-corrected chi connectivity index (χ2v) is 3.19. The first-order chi connectivity index (χ1) is 6.74. The number of hydrogen-bond acceptors (Lipinski definition) is 5. The fourth-order valence-corrected chi connectivity index (χ4v) is 1.10. The highest BCUT2D eigenvalue weighted by atomic mass is 16.5. The second kappa shape index (κ2) is 9.36. The van der Waals surface area contributed by atoms with Crippen LogP contribution in [0.2, 0.25) is 0 Å². The third kappa shape index (κ3) is 7.23. The van der Waals surface area contributed by atoms with Gasteiger partial charge in [-0.05, 0) is 0 Å². The van der Waals surface area contributed by atoms with Gasteiger partial charge in [-0.15, -0.1) is 0 Å². The first kappa shape index (κ1) is 13.8. The molecule has 0 fully saturated rings. The minimum Gasteiger partial charge on any atom is -0.383 e. The van der Waals surface area contributed by atoms with Crippen LogP contribution < -0.4 is 11.1 Å². The predicted molar refractivity (Wildman–Crippen MR) is 55.4 cm³/mol. The van der Waals surface area contributed by atoms with Crippen LogP contribution in [0.5, 0.6) is 0 Å². The fraction of sp³-hybridized carbons (Fsp3) is 1.00. The molecule has 0 bridgehead atoms. The molecule has 0 saturated heterocycles. The molecule has 0 saturated carbocycles. The summed E-state index contributed by atoms with van der Waals surface area (Å²) in [6, 6.07) is 0.0278. The summed E-state index contributed by atoms with van der Waals surface area (Å²) in [7, 11) is 4.96. The molecule has 0 aliphatic heterocycles. The maximum absolute atomic E-state index is 5.73. The van der Waals surface area contributed by atoms with Crippen LogP contribution >= 0.6 is 0 Å². The third-order valence-electron chi connectivity index (χ3n) is 1.85. The molecule has 0 aromatic rings. The zero-order chi connectivity index (χ0) is 10.8. The van der Waals surface area contributed by atoms with Crippen LogP contribution in [0.25, 0.3) is 0 Å². The smallest absolute Gasteiger partial charge is 0.0928 e. The maximum atomic E-state index is 5.73. The summed E-state index contributed by atoms with van der Waals surface area (Å²) >= 11 is 0. The lowest BCUT2D eigenvalue weighted by Gasteiger charge is -2.17. The molecular weight excluding hydrogens is 184 g/mol. The van der Waals surface area contributed by atoms with Gasteiger partial charge in [-0.2, -0.15) is 0 Å². The Hall–Kier alpha value is -0.200. The molecule has 14 heavy (non-hydrogen) atoms. The maximum Gasteiger partial charge on any atom is 0.0928 e. The monoisotopic (exact) mass is 206 g/mol. The number of nitrogens with two attached hydrogens (primary N) is 1. The van der Waals surface area contributed by atoms with Gasteiger partial charge in [0.1, 0.15) is 0 Å². The van der Waals surface area contributed by atoms with Crippen LogP contribution in [0, 0.1) is 0 Å². The summed E-state index contributed by atoms with van der Waals surface area (Å²) in [5.74, 6) is 0. The molecule has 0 heterocycles. The highest BCUT2D eigenvalue weighted by Gasteiger charge is 2.07. The van der Waals surface area contributed by atoms with E-state index >= 15 is 0 Å². The quantitative estimate of drug-likeness (QED) is 0.517. The van der Waals surface area contributed by atoms with E-state index in [4.69, 9.17) is 19.9 Å². The highest BCUT2D eigenvalue weighted by molar-refractivity contribution is 4.66. The van der Waals surface area contributed by atoms with Crippen molar-refractivity contribution < 1.29 is 14.2 Å². The van der Waals surface area contributed by atoms with Crippen LogP contribution in [0.3, 0.4) is 0 Å². The first-order valence-electron chi connectivity index (χ1n) is 4.71. The molecule has 0 aliphatic rings. The molecule has 3 N–H and O–H groups in total. The van der Waals surface area contributed by atoms with Gasteiger partial charge >= 0.3 is 0 Å². The molecule has 2 atom stereocenters. The summed E-state index contributed by atoms with van der Waals surface area (Å²) in [5.41, 5.74) is 5.73. The first-order valence-corrected chi connectivity index (χ1v) is 4.71. The summed E-state index contributed by atoms with van der Waals surface area (Å²) in [5, 5.41) is 3.20. The van der Waals surface area contributed by atoms with E-state index in [2.05, 4.69) is 5.32 Å². The van der Waals surface area contributed by atoms with Crippen LogP contribution in [0.15, 0.2) is 0 Å². The van der Waals surface area contributed by atoms with Gasteiger partial charge in [0.25, 0.3) is 0 Å². The minimum absolute atomic E-state index is 0.0278. The van der Waals surface area contributed by atoms with E-state index in [1.54, 1.807) is 21.3 Å². The van der Waals surface area contributed by atoms with Crippen LogP contribution in [-0.4, -0.2) is 59.8 Å². The molecule has 0 aromatic carbocycles. The van der Waals surface area contributed by atoms with Gasteiger partial charge in [-0.3, -0.25) is 0 Å². The van der Waals surface area contributed by atoms with Gasteiger partial charge in [-0.25, -0.2) is 0 Å². The zero-order valence-corrected chi connectivity index (χ0v) is 9.29. The number of methoxy groups -OCH3 is 3. The van der Waals surface area contributed by atoms with Crippen molar-refractivity contribution in [1.29, 1.82) is 0 Å². The van der Waals surface area contributed by atoms with Crippen molar-refractivity contribution in [3.05, 3.63) is 0 Å². The highest BCUT2D eigenvalue weighted by Crippen LogP contribution is 1.88. The van der Waals surface area contributed by atoms with Gasteiger partial charge < -0.3 is 25.3 Å². The van der Waals surface area contributed by atoms with Crippen molar-refractivity contribution in [1.82, 2.24) is 5.32 Å². The lowest BCUT2D eigenvalue weighted by atomic mass is 10.3. The summed E-state index contributed by atoms with van der Waals surface area (Å²) < 4.78 is 15.1. The van der Waals surface area contributed by atoms with E-state index in [0.717, 1.165) is 13.1 Å². The van der Waals surface area contributed by atoms with Crippen molar-refractivity contribution in [3.63, 3.8) is 0 Å². The Bertz CT molecular complexity index is 125. The van der Waals surface area contributed by atoms with Gasteiger partial charge in [0.2, 0.25) is 0 Å². The van der Waals surface area contributed by atoms with E-state index in [1.165, 1.54) is 0 Å². The minimum atomic E-state index is 0.0278. The van der Waals surface area contributed by atoms with Crippen LogP contribution in [-0.2, 0) is 14.2 Å². The Kier molecular flexibility index (Phi) is 9.23. The lowest BCUT2D eigenvalue weighted by molar-refractivity contribution is 0.0285. The van der Waals surface area contributed by atoms with E-state index < -0.39 is 0 Å². The van der Waals surface area contributed by atoms with E-state index in [0.29, 0.717) is 13.2 Å². The Morgan fingerprint density at radius 1 is 1.07 bits per heavy atom. The Balaban J connectivity index is 3.40. The van der Waals surface area contributed by atoms with Crippen molar-refractivity contribution in [3.8, 4) is 0 Å². The van der Waals surface area contributed by atoms with Crippen molar-refractivity contribution in [2.45, 2.75) is 12.1 Å². The van der Waals surface area contributed by atoms with Crippen LogP contribution in [0.4, 0.5) is 0 Å². The average molecular weight is 206 g/mol. The molecule has 2 unspecified atom stereocenters. The summed E-state index contributed by atoms with van der Waals surface area (Å²) in [4.78, 5) is 0. The fourth-order valence-electron chi connectivity index (χ4n) is 1.10. The SMILES string of the molecule is COCC(N)CNCC(COC)OC. The van der Waals surface area contributed by atoms with Crippen LogP contribution in [0.1, 0.15) is 0 Å². The number of nitrogens with one attached hydrogen (secondary N) is 1. The molecule has 0 rings (SSSR count). The molecule has 0 amide bonds. The van der Waals surface area contributed by atoms with Gasteiger partial charge in [0, 0.05) is 40.5 Å². The van der Waals surface area contributed by atoms with Crippen molar-refractivity contribution in [2.75, 3.05) is 47.6 Å². The topological polar surface area (TPSA) is 65.7 Å². The predicted octanol–water partition coefficient (Wildman–Crippen LogP) is -0.789. The molecule has 5 nitrogen and oxygen atoms in total. The summed E-state index contributed by atoms with van der Waals surface area (Å²) in [6.45, 7) is 2.61. The Morgan fingerprint density at radius 3 is 2.21 bits per heavy atom. The number of ether oxygens (including phenoxy) is 3. The Morgan fingerprint density at radius 2 is 1.71 bits per heavy atom. The van der Waals surface area contributed by atoms with E-state index in [1.807, 2.05) is 0 Å². The molecule has 0 radical (unpaired) electrons. The van der Waals surface area contributed by atoms with Gasteiger partial charge in [-0.1, -0.05) is 0 Å². The third-order valence-corrected chi connectivity index (χ3v) is 1.85. The molecule has 86 valence electrons. The second-order valence-electron chi connectivity index (χ2n) is 3.19. The largest absolute Gasteiger partial charge is 0.383 e.